The third-order valence-corrected chi connectivity index (χ3v) is 4.09. The summed E-state index contributed by atoms with van der Waals surface area (Å²) >= 11 is 5.91. The van der Waals surface area contributed by atoms with Crippen LogP contribution in [0.4, 0.5) is 4.39 Å². The Morgan fingerprint density at radius 1 is 1.24 bits per heavy atom. The van der Waals surface area contributed by atoms with E-state index >= 15 is 0 Å². The summed E-state index contributed by atoms with van der Waals surface area (Å²) < 4.78 is 19.3. The zero-order chi connectivity index (χ0) is 14.8. The second kappa shape index (κ2) is 6.04. The molecule has 0 saturated carbocycles. The van der Waals surface area contributed by atoms with E-state index in [1.165, 1.54) is 23.3 Å². The first-order chi connectivity index (χ1) is 10.1. The van der Waals surface area contributed by atoms with E-state index in [0.717, 1.165) is 25.2 Å². The molecule has 4 heteroatoms. The van der Waals surface area contributed by atoms with E-state index in [0.29, 0.717) is 17.0 Å². The fourth-order valence-corrected chi connectivity index (χ4v) is 2.85. The van der Waals surface area contributed by atoms with Gasteiger partial charge < -0.3 is 10.5 Å². The molecule has 0 fully saturated rings. The fourth-order valence-electron chi connectivity index (χ4n) is 2.67. The molecule has 0 amide bonds. The van der Waals surface area contributed by atoms with Crippen molar-refractivity contribution in [3.63, 3.8) is 0 Å². The highest BCUT2D eigenvalue weighted by Gasteiger charge is 2.14. The zero-order valence-corrected chi connectivity index (χ0v) is 12.4. The summed E-state index contributed by atoms with van der Waals surface area (Å²) in [5.41, 5.74) is 9.03. The number of hydrogen-bond donors (Lipinski definition) is 1. The molecule has 0 saturated heterocycles. The Morgan fingerprint density at radius 3 is 2.95 bits per heavy atom. The van der Waals surface area contributed by atoms with Crippen LogP contribution in [0.1, 0.15) is 29.2 Å². The van der Waals surface area contributed by atoms with Gasteiger partial charge in [0, 0.05) is 23.0 Å². The van der Waals surface area contributed by atoms with Crippen LogP contribution in [0.25, 0.3) is 0 Å². The first-order valence-electron chi connectivity index (χ1n) is 7.08. The number of rotatable bonds is 4. The van der Waals surface area contributed by atoms with Gasteiger partial charge in [-0.15, -0.1) is 0 Å². The first-order valence-corrected chi connectivity index (χ1v) is 7.46. The third-order valence-electron chi connectivity index (χ3n) is 3.86. The average molecular weight is 306 g/mol. The molecule has 0 aliphatic carbocycles. The largest absolute Gasteiger partial charge is 0.493 e. The summed E-state index contributed by atoms with van der Waals surface area (Å²) in [5.74, 6) is 0.679. The van der Waals surface area contributed by atoms with Crippen LogP contribution in [0.2, 0.25) is 5.02 Å². The predicted molar refractivity (Wildman–Crippen MR) is 82.3 cm³/mol. The zero-order valence-electron chi connectivity index (χ0n) is 11.6. The molecule has 1 aliphatic rings. The molecule has 0 radical (unpaired) electrons. The van der Waals surface area contributed by atoms with Gasteiger partial charge in [-0.2, -0.15) is 0 Å². The van der Waals surface area contributed by atoms with E-state index < -0.39 is 0 Å². The number of benzene rings is 2. The molecule has 1 unspecified atom stereocenters. The summed E-state index contributed by atoms with van der Waals surface area (Å²) in [6, 6.07) is 10.4. The monoisotopic (exact) mass is 305 g/mol. The van der Waals surface area contributed by atoms with Gasteiger partial charge in [0.15, 0.2) is 0 Å². The minimum Gasteiger partial charge on any atom is -0.493 e. The van der Waals surface area contributed by atoms with Gasteiger partial charge in [0.25, 0.3) is 0 Å². The second-order valence-electron chi connectivity index (χ2n) is 5.35. The van der Waals surface area contributed by atoms with E-state index in [4.69, 9.17) is 22.1 Å². The predicted octanol–water partition coefficient (Wildman–Crippen LogP) is 4.05. The Hall–Kier alpha value is -1.58. The lowest BCUT2D eigenvalue weighted by atomic mass is 9.98. The molecule has 2 aromatic rings. The van der Waals surface area contributed by atoms with Gasteiger partial charge in [-0.1, -0.05) is 23.7 Å². The van der Waals surface area contributed by atoms with Gasteiger partial charge in [0.05, 0.1) is 6.61 Å². The summed E-state index contributed by atoms with van der Waals surface area (Å²) in [4.78, 5) is 0. The lowest BCUT2D eigenvalue weighted by Crippen LogP contribution is -2.13. The van der Waals surface area contributed by atoms with Gasteiger partial charge >= 0.3 is 0 Å². The molecule has 2 aromatic carbocycles. The molecule has 1 heterocycles. The lowest BCUT2D eigenvalue weighted by Gasteiger charge is -2.13. The quantitative estimate of drug-likeness (QED) is 0.925. The van der Waals surface area contributed by atoms with E-state index in [-0.39, 0.29) is 11.9 Å². The van der Waals surface area contributed by atoms with Crippen molar-refractivity contribution in [3.8, 4) is 5.75 Å². The standard InChI is InChI=1S/C17H17ClFNO/c18-13-3-4-15(19)14(10-13)16(20)5-1-11-2-6-17-12(9-11)7-8-21-17/h2-4,6,9-10,16H,1,5,7-8,20H2. The third kappa shape index (κ3) is 3.20. The number of aryl methyl sites for hydroxylation is 1. The molecule has 1 aliphatic heterocycles. The number of ether oxygens (including phenoxy) is 1. The molecule has 0 bridgehead atoms. The van der Waals surface area contributed by atoms with Gasteiger partial charge in [-0.3, -0.25) is 0 Å². The molecule has 2 nitrogen and oxygen atoms in total. The van der Waals surface area contributed by atoms with Crippen LogP contribution in [-0.2, 0) is 12.8 Å². The van der Waals surface area contributed by atoms with Crippen molar-refractivity contribution in [3.05, 3.63) is 63.9 Å². The number of hydrogen-bond acceptors (Lipinski definition) is 2. The van der Waals surface area contributed by atoms with Crippen molar-refractivity contribution in [2.75, 3.05) is 6.61 Å². The highest BCUT2D eigenvalue weighted by molar-refractivity contribution is 6.30. The molecule has 2 N–H and O–H groups in total. The Balaban J connectivity index is 1.68. The van der Waals surface area contributed by atoms with Gasteiger partial charge in [0.1, 0.15) is 11.6 Å². The molecule has 0 aromatic heterocycles. The number of nitrogens with two attached hydrogens (primary N) is 1. The van der Waals surface area contributed by atoms with Crippen LogP contribution in [0.5, 0.6) is 5.75 Å². The highest BCUT2D eigenvalue weighted by atomic mass is 35.5. The van der Waals surface area contributed by atoms with Crippen molar-refractivity contribution >= 4 is 11.6 Å². The van der Waals surface area contributed by atoms with Crippen LogP contribution in [0.3, 0.4) is 0 Å². The maximum Gasteiger partial charge on any atom is 0.128 e. The SMILES string of the molecule is NC(CCc1ccc2c(c1)CCO2)c1cc(Cl)ccc1F. The molecule has 110 valence electrons. The van der Waals surface area contributed by atoms with E-state index in [1.807, 2.05) is 12.1 Å². The molecule has 21 heavy (non-hydrogen) atoms. The number of halogens is 2. The Morgan fingerprint density at radius 2 is 2.10 bits per heavy atom. The topological polar surface area (TPSA) is 35.2 Å². The second-order valence-corrected chi connectivity index (χ2v) is 5.79. The first kappa shape index (κ1) is 14.4. The number of fused-ring (bicyclic) bond motifs is 1. The maximum atomic E-state index is 13.8. The van der Waals surface area contributed by atoms with Crippen LogP contribution >= 0.6 is 11.6 Å². The Kier molecular flexibility index (Phi) is 4.13. The van der Waals surface area contributed by atoms with Crippen LogP contribution in [0, 0.1) is 5.82 Å². The van der Waals surface area contributed by atoms with Crippen LogP contribution < -0.4 is 10.5 Å². The lowest BCUT2D eigenvalue weighted by molar-refractivity contribution is 0.357. The Bertz CT molecular complexity index is 659. The van der Waals surface area contributed by atoms with E-state index in [2.05, 4.69) is 6.07 Å². The minimum absolute atomic E-state index is 0.297. The average Bonchev–Trinajstić information content (AvgIpc) is 2.94. The van der Waals surface area contributed by atoms with Gasteiger partial charge in [0.2, 0.25) is 0 Å². The summed E-state index contributed by atoms with van der Waals surface area (Å²) in [6.07, 6.45) is 2.44. The van der Waals surface area contributed by atoms with Gasteiger partial charge in [-0.25, -0.2) is 4.39 Å². The van der Waals surface area contributed by atoms with E-state index in [9.17, 15) is 4.39 Å². The summed E-state index contributed by atoms with van der Waals surface area (Å²) in [7, 11) is 0. The molecule has 1 atom stereocenters. The fraction of sp³-hybridized carbons (Fsp3) is 0.294. The smallest absolute Gasteiger partial charge is 0.128 e. The minimum atomic E-state index is -0.354. The van der Waals surface area contributed by atoms with Gasteiger partial charge in [-0.05, 0) is 48.2 Å². The van der Waals surface area contributed by atoms with Crippen molar-refractivity contribution in [2.45, 2.75) is 25.3 Å². The van der Waals surface area contributed by atoms with E-state index in [1.54, 1.807) is 6.07 Å². The molecular weight excluding hydrogens is 289 g/mol. The van der Waals surface area contributed by atoms with Crippen molar-refractivity contribution < 1.29 is 9.13 Å². The molecular formula is C17H17ClFNO. The van der Waals surface area contributed by atoms with Crippen molar-refractivity contribution in [1.29, 1.82) is 0 Å². The Labute approximate surface area is 128 Å². The normalized spacial score (nSPS) is 14.6. The van der Waals surface area contributed by atoms with Crippen molar-refractivity contribution in [1.82, 2.24) is 0 Å². The summed E-state index contributed by atoms with van der Waals surface area (Å²) in [5, 5.41) is 0.511. The molecule has 3 rings (SSSR count). The van der Waals surface area contributed by atoms with Crippen molar-refractivity contribution in [2.24, 2.45) is 5.73 Å². The molecule has 0 spiro atoms. The highest BCUT2D eigenvalue weighted by Crippen LogP contribution is 2.28. The van der Waals surface area contributed by atoms with Crippen LogP contribution in [0.15, 0.2) is 36.4 Å². The van der Waals surface area contributed by atoms with Crippen LogP contribution in [-0.4, -0.2) is 6.61 Å². The maximum absolute atomic E-state index is 13.8. The summed E-state index contributed by atoms with van der Waals surface area (Å²) in [6.45, 7) is 0.756.